The second-order valence-electron chi connectivity index (χ2n) is 9.96. The van der Waals surface area contributed by atoms with Gasteiger partial charge in [0.05, 0.1) is 17.8 Å². The molecule has 32 heavy (non-hydrogen) atoms. The molecule has 3 aliphatic heterocycles. The van der Waals surface area contributed by atoms with Gasteiger partial charge in [-0.1, -0.05) is 6.07 Å². The summed E-state index contributed by atoms with van der Waals surface area (Å²) in [5, 5.41) is 0. The Morgan fingerprint density at radius 3 is 2.25 bits per heavy atom. The number of piperazine rings is 1. The van der Waals surface area contributed by atoms with E-state index < -0.39 is 17.3 Å². The topological polar surface area (TPSA) is 45.2 Å². The van der Waals surface area contributed by atoms with Crippen molar-refractivity contribution in [3.63, 3.8) is 0 Å². The Kier molecular flexibility index (Phi) is 6.33. The number of halogens is 3. The zero-order valence-corrected chi connectivity index (χ0v) is 19.0. The first-order valence-corrected chi connectivity index (χ1v) is 11.3. The number of amides is 1. The second-order valence-corrected chi connectivity index (χ2v) is 9.96. The summed E-state index contributed by atoms with van der Waals surface area (Å²) >= 11 is 0. The molecular formula is C23H32F3N3O3. The second kappa shape index (κ2) is 8.74. The average molecular weight is 456 g/mol. The van der Waals surface area contributed by atoms with E-state index in [-0.39, 0.29) is 24.0 Å². The smallest absolute Gasteiger partial charge is 0.418 e. The van der Waals surface area contributed by atoms with Crippen molar-refractivity contribution in [1.29, 1.82) is 0 Å². The van der Waals surface area contributed by atoms with E-state index in [1.54, 1.807) is 17.0 Å². The lowest BCUT2D eigenvalue weighted by Gasteiger charge is -2.37. The van der Waals surface area contributed by atoms with Crippen molar-refractivity contribution in [3.8, 4) is 0 Å². The molecule has 0 aliphatic carbocycles. The number of fused-ring (bicyclic) bond motifs is 2. The summed E-state index contributed by atoms with van der Waals surface area (Å²) in [5.74, 6) is 0. The van der Waals surface area contributed by atoms with E-state index in [4.69, 9.17) is 9.47 Å². The van der Waals surface area contributed by atoms with E-state index in [0.717, 1.165) is 18.4 Å². The molecule has 0 radical (unpaired) electrons. The minimum atomic E-state index is -4.40. The van der Waals surface area contributed by atoms with Crippen LogP contribution in [0, 0.1) is 0 Å². The number of benzene rings is 1. The molecule has 1 aromatic carbocycles. The SMILES string of the molecule is CC(C)(C)OC(=O)N1CCN(Cc2ccc(C(F)(F)F)c(N3CC4CCC(C3)O4)c2)CC1. The van der Waals surface area contributed by atoms with E-state index in [1.165, 1.54) is 6.07 Å². The van der Waals surface area contributed by atoms with Gasteiger partial charge in [-0.2, -0.15) is 13.2 Å². The van der Waals surface area contributed by atoms with Gasteiger partial charge in [0.15, 0.2) is 0 Å². The van der Waals surface area contributed by atoms with Crippen molar-refractivity contribution in [3.05, 3.63) is 29.3 Å². The highest BCUT2D eigenvalue weighted by molar-refractivity contribution is 5.68. The minimum Gasteiger partial charge on any atom is -0.444 e. The first-order valence-electron chi connectivity index (χ1n) is 11.3. The standard InChI is InChI=1S/C23H32F3N3O3/c1-22(2,3)32-21(30)28-10-8-27(9-11-28)13-16-4-7-19(23(24,25)26)20(12-16)29-14-17-5-6-18(15-29)31-17/h4,7,12,17-18H,5-6,8-11,13-15H2,1-3H3. The van der Waals surface area contributed by atoms with Crippen LogP contribution in [0.4, 0.5) is 23.7 Å². The Balaban J connectivity index is 1.43. The molecule has 2 bridgehead atoms. The van der Waals surface area contributed by atoms with Crippen molar-refractivity contribution in [2.45, 2.75) is 64.1 Å². The fourth-order valence-corrected chi connectivity index (χ4v) is 4.66. The Bertz CT molecular complexity index is 820. The summed E-state index contributed by atoms with van der Waals surface area (Å²) in [4.78, 5) is 17.9. The molecule has 3 fully saturated rings. The van der Waals surface area contributed by atoms with Crippen molar-refractivity contribution in [2.24, 2.45) is 0 Å². The molecule has 3 saturated heterocycles. The van der Waals surface area contributed by atoms with Gasteiger partial charge in [-0.05, 0) is 51.3 Å². The van der Waals surface area contributed by atoms with Crippen LogP contribution in [-0.2, 0) is 22.2 Å². The molecule has 4 rings (SSSR count). The van der Waals surface area contributed by atoms with Gasteiger partial charge in [0.2, 0.25) is 0 Å². The number of alkyl halides is 3. The van der Waals surface area contributed by atoms with Crippen molar-refractivity contribution >= 4 is 11.8 Å². The number of morpholine rings is 1. The van der Waals surface area contributed by atoms with Gasteiger partial charge < -0.3 is 19.3 Å². The van der Waals surface area contributed by atoms with Crippen molar-refractivity contribution < 1.29 is 27.4 Å². The molecular weight excluding hydrogens is 423 g/mol. The normalized spacial score (nSPS) is 24.7. The molecule has 0 aromatic heterocycles. The first-order chi connectivity index (χ1) is 15.0. The third-order valence-electron chi connectivity index (χ3n) is 6.18. The molecule has 0 N–H and O–H groups in total. The molecule has 0 saturated carbocycles. The molecule has 2 atom stereocenters. The first kappa shape index (κ1) is 23.2. The number of anilines is 1. The summed E-state index contributed by atoms with van der Waals surface area (Å²) in [7, 11) is 0. The maximum absolute atomic E-state index is 13.7. The molecule has 0 spiro atoms. The zero-order chi connectivity index (χ0) is 23.1. The fourth-order valence-electron chi connectivity index (χ4n) is 4.66. The van der Waals surface area contributed by atoms with E-state index in [9.17, 15) is 18.0 Å². The molecule has 1 amide bonds. The average Bonchev–Trinajstić information content (AvgIpc) is 3.04. The number of rotatable bonds is 3. The van der Waals surface area contributed by atoms with Crippen LogP contribution in [0.15, 0.2) is 18.2 Å². The molecule has 6 nitrogen and oxygen atoms in total. The van der Waals surface area contributed by atoms with Crippen LogP contribution in [0.5, 0.6) is 0 Å². The largest absolute Gasteiger partial charge is 0.444 e. The monoisotopic (exact) mass is 455 g/mol. The molecule has 1 aromatic rings. The Morgan fingerprint density at radius 1 is 1.06 bits per heavy atom. The number of hydrogen-bond donors (Lipinski definition) is 0. The molecule has 3 heterocycles. The van der Waals surface area contributed by atoms with Crippen molar-refractivity contribution in [1.82, 2.24) is 9.80 Å². The van der Waals surface area contributed by atoms with E-state index in [1.807, 2.05) is 25.7 Å². The summed E-state index contributed by atoms with van der Waals surface area (Å²) in [6.45, 7) is 9.43. The van der Waals surface area contributed by atoms with E-state index in [0.29, 0.717) is 45.8 Å². The third-order valence-corrected chi connectivity index (χ3v) is 6.18. The summed E-state index contributed by atoms with van der Waals surface area (Å²) < 4.78 is 52.4. The predicted octanol–water partition coefficient (Wildman–Crippen LogP) is 4.13. The Hall–Kier alpha value is -2.00. The molecule has 3 aliphatic rings. The van der Waals surface area contributed by atoms with Crippen LogP contribution in [0.3, 0.4) is 0 Å². The highest BCUT2D eigenvalue weighted by atomic mass is 19.4. The number of nitrogens with zero attached hydrogens (tertiary/aromatic N) is 3. The Morgan fingerprint density at radius 2 is 1.69 bits per heavy atom. The Labute approximate surface area is 187 Å². The van der Waals surface area contributed by atoms with Crippen LogP contribution in [-0.4, -0.2) is 73.0 Å². The van der Waals surface area contributed by atoms with Gasteiger partial charge in [-0.25, -0.2) is 4.79 Å². The molecule has 9 heteroatoms. The van der Waals surface area contributed by atoms with E-state index >= 15 is 0 Å². The van der Waals surface area contributed by atoms with Crippen LogP contribution in [0.25, 0.3) is 0 Å². The lowest BCUT2D eigenvalue weighted by atomic mass is 10.1. The van der Waals surface area contributed by atoms with Gasteiger partial charge in [-0.15, -0.1) is 0 Å². The van der Waals surface area contributed by atoms with Gasteiger partial charge in [0.1, 0.15) is 5.60 Å². The zero-order valence-electron chi connectivity index (χ0n) is 19.0. The summed E-state index contributed by atoms with van der Waals surface area (Å²) in [5.41, 5.74) is -0.0264. The lowest BCUT2D eigenvalue weighted by Crippen LogP contribution is -2.49. The predicted molar refractivity (Wildman–Crippen MR) is 115 cm³/mol. The van der Waals surface area contributed by atoms with Crippen LogP contribution < -0.4 is 4.90 Å². The number of hydrogen-bond acceptors (Lipinski definition) is 5. The number of carbonyl (C=O) groups excluding carboxylic acids is 1. The van der Waals surface area contributed by atoms with Gasteiger partial charge in [0, 0.05) is 51.5 Å². The number of carbonyl (C=O) groups is 1. The van der Waals surface area contributed by atoms with Crippen LogP contribution in [0.2, 0.25) is 0 Å². The highest BCUT2D eigenvalue weighted by Gasteiger charge is 2.39. The van der Waals surface area contributed by atoms with Gasteiger partial charge in [-0.3, -0.25) is 4.90 Å². The summed E-state index contributed by atoms with van der Waals surface area (Å²) in [6.07, 6.45) is -2.88. The lowest BCUT2D eigenvalue weighted by molar-refractivity contribution is -0.137. The number of ether oxygens (including phenoxy) is 2. The highest BCUT2D eigenvalue weighted by Crippen LogP contribution is 2.40. The maximum atomic E-state index is 13.7. The van der Waals surface area contributed by atoms with Gasteiger partial charge in [0.25, 0.3) is 0 Å². The van der Waals surface area contributed by atoms with Crippen LogP contribution >= 0.6 is 0 Å². The van der Waals surface area contributed by atoms with E-state index in [2.05, 4.69) is 4.90 Å². The maximum Gasteiger partial charge on any atom is 0.418 e. The summed E-state index contributed by atoms with van der Waals surface area (Å²) in [6, 6.07) is 4.47. The van der Waals surface area contributed by atoms with Crippen LogP contribution in [0.1, 0.15) is 44.7 Å². The minimum absolute atomic E-state index is 0.0134. The third kappa shape index (κ3) is 5.49. The molecule has 2 unspecified atom stereocenters. The quantitative estimate of drug-likeness (QED) is 0.686. The van der Waals surface area contributed by atoms with Gasteiger partial charge >= 0.3 is 12.3 Å². The fraction of sp³-hybridized carbons (Fsp3) is 0.696. The van der Waals surface area contributed by atoms with Crippen molar-refractivity contribution in [2.75, 3.05) is 44.2 Å². The molecule has 178 valence electrons.